The number of aliphatic carboxylic acids is 1. The zero-order chi connectivity index (χ0) is 15.0. The molecule has 1 aliphatic rings. The van der Waals surface area contributed by atoms with Crippen LogP contribution in [-0.2, 0) is 9.53 Å². The summed E-state index contributed by atoms with van der Waals surface area (Å²) in [5, 5.41) is 12.4. The number of carbonyl (C=O) groups is 1. The van der Waals surface area contributed by atoms with Gasteiger partial charge in [0.15, 0.2) is 0 Å². The van der Waals surface area contributed by atoms with Crippen LogP contribution in [0, 0.1) is 5.92 Å². The Morgan fingerprint density at radius 1 is 1.55 bits per heavy atom. The van der Waals surface area contributed by atoms with E-state index in [9.17, 15) is 9.90 Å². The van der Waals surface area contributed by atoms with E-state index in [2.05, 4.69) is 10.2 Å². The number of carboxylic acids is 1. The van der Waals surface area contributed by atoms with Gasteiger partial charge in [0.05, 0.1) is 6.61 Å². The van der Waals surface area contributed by atoms with Crippen molar-refractivity contribution < 1.29 is 14.6 Å². The van der Waals surface area contributed by atoms with Gasteiger partial charge in [0, 0.05) is 13.7 Å². The summed E-state index contributed by atoms with van der Waals surface area (Å²) in [6.45, 7) is 8.44. The first-order chi connectivity index (χ1) is 9.51. The van der Waals surface area contributed by atoms with Crippen LogP contribution < -0.4 is 5.32 Å². The molecular formula is C15H30N2O3. The van der Waals surface area contributed by atoms with Crippen molar-refractivity contribution in [1.82, 2.24) is 10.2 Å². The number of rotatable bonds is 9. The van der Waals surface area contributed by atoms with Crippen LogP contribution in [0.4, 0.5) is 0 Å². The Kier molecular flexibility index (Phi) is 7.48. The summed E-state index contributed by atoms with van der Waals surface area (Å²) in [5.41, 5.74) is -0.795. The molecule has 0 spiro atoms. The lowest BCUT2D eigenvalue weighted by atomic mass is 9.94. The molecule has 1 fully saturated rings. The predicted octanol–water partition coefficient (Wildman–Crippen LogP) is 1.58. The van der Waals surface area contributed by atoms with Crippen LogP contribution in [0.25, 0.3) is 0 Å². The van der Waals surface area contributed by atoms with Gasteiger partial charge in [-0.05, 0) is 58.2 Å². The maximum atomic E-state index is 11.3. The van der Waals surface area contributed by atoms with Gasteiger partial charge in [0.1, 0.15) is 5.54 Å². The van der Waals surface area contributed by atoms with Crippen LogP contribution in [0.15, 0.2) is 0 Å². The van der Waals surface area contributed by atoms with E-state index in [1.54, 1.807) is 14.0 Å². The second kappa shape index (κ2) is 8.60. The summed E-state index contributed by atoms with van der Waals surface area (Å²) >= 11 is 0. The molecule has 2 atom stereocenters. The molecule has 0 radical (unpaired) electrons. The van der Waals surface area contributed by atoms with Crippen molar-refractivity contribution in [3.63, 3.8) is 0 Å². The monoisotopic (exact) mass is 286 g/mol. The normalized spacial score (nSPS) is 23.4. The first-order valence-corrected chi connectivity index (χ1v) is 7.71. The average Bonchev–Trinajstić information content (AvgIpc) is 2.39. The number of ether oxygens (including phenoxy) is 1. The molecule has 1 heterocycles. The van der Waals surface area contributed by atoms with Gasteiger partial charge < -0.3 is 20.1 Å². The van der Waals surface area contributed by atoms with Crippen molar-refractivity contribution in [3.8, 4) is 0 Å². The molecule has 1 aliphatic heterocycles. The molecule has 0 saturated carbocycles. The van der Waals surface area contributed by atoms with Gasteiger partial charge in [-0.3, -0.25) is 4.79 Å². The Balaban J connectivity index is 2.33. The third-order valence-corrected chi connectivity index (χ3v) is 4.20. The Hall–Kier alpha value is -0.650. The second-order valence-corrected chi connectivity index (χ2v) is 6.04. The van der Waals surface area contributed by atoms with Crippen LogP contribution in [0.2, 0.25) is 0 Å². The summed E-state index contributed by atoms with van der Waals surface area (Å²) < 4.78 is 5.24. The molecule has 1 rings (SSSR count). The molecule has 118 valence electrons. The molecule has 0 aromatic carbocycles. The maximum absolute atomic E-state index is 11.3. The van der Waals surface area contributed by atoms with Crippen molar-refractivity contribution in [2.75, 3.05) is 39.9 Å². The molecule has 0 amide bonds. The highest BCUT2D eigenvalue weighted by molar-refractivity contribution is 5.78. The molecular weight excluding hydrogens is 256 g/mol. The average molecular weight is 286 g/mol. The SMILES string of the molecule is CCNC(C)(CCCN1CCCC(COC)C1)C(=O)O. The topological polar surface area (TPSA) is 61.8 Å². The van der Waals surface area contributed by atoms with Gasteiger partial charge in [-0.25, -0.2) is 0 Å². The highest BCUT2D eigenvalue weighted by Crippen LogP contribution is 2.19. The summed E-state index contributed by atoms with van der Waals surface area (Å²) in [6.07, 6.45) is 4.04. The lowest BCUT2D eigenvalue weighted by Crippen LogP contribution is -2.50. The van der Waals surface area contributed by atoms with Gasteiger partial charge in [-0.15, -0.1) is 0 Å². The number of hydrogen-bond donors (Lipinski definition) is 2. The van der Waals surface area contributed by atoms with Crippen LogP contribution in [0.3, 0.4) is 0 Å². The highest BCUT2D eigenvalue weighted by Gasteiger charge is 2.31. The van der Waals surface area contributed by atoms with Crippen LogP contribution in [-0.4, -0.2) is 61.4 Å². The van der Waals surface area contributed by atoms with E-state index < -0.39 is 11.5 Å². The van der Waals surface area contributed by atoms with Crippen molar-refractivity contribution >= 4 is 5.97 Å². The van der Waals surface area contributed by atoms with E-state index in [1.807, 2.05) is 6.92 Å². The minimum Gasteiger partial charge on any atom is -0.480 e. The molecule has 5 heteroatoms. The second-order valence-electron chi connectivity index (χ2n) is 6.04. The van der Waals surface area contributed by atoms with E-state index >= 15 is 0 Å². The first-order valence-electron chi connectivity index (χ1n) is 7.71. The van der Waals surface area contributed by atoms with E-state index in [0.717, 1.165) is 32.7 Å². The minimum atomic E-state index is -0.795. The summed E-state index contributed by atoms with van der Waals surface area (Å²) in [7, 11) is 1.76. The lowest BCUT2D eigenvalue weighted by molar-refractivity contribution is -0.144. The molecule has 0 bridgehead atoms. The summed E-state index contributed by atoms with van der Waals surface area (Å²) in [4.78, 5) is 13.8. The zero-order valence-electron chi connectivity index (χ0n) is 13.2. The van der Waals surface area contributed by atoms with Crippen molar-refractivity contribution in [1.29, 1.82) is 0 Å². The van der Waals surface area contributed by atoms with E-state index in [4.69, 9.17) is 4.74 Å². The summed E-state index contributed by atoms with van der Waals surface area (Å²) in [5.74, 6) is -0.122. The fourth-order valence-electron chi connectivity index (χ4n) is 3.04. The lowest BCUT2D eigenvalue weighted by Gasteiger charge is -2.33. The Morgan fingerprint density at radius 2 is 2.30 bits per heavy atom. The summed E-state index contributed by atoms with van der Waals surface area (Å²) in [6, 6.07) is 0. The van der Waals surface area contributed by atoms with E-state index in [0.29, 0.717) is 18.9 Å². The number of likely N-dealkylation sites (tertiary alicyclic amines) is 1. The Bertz CT molecular complexity index is 297. The third-order valence-electron chi connectivity index (χ3n) is 4.20. The van der Waals surface area contributed by atoms with E-state index in [1.165, 1.54) is 12.8 Å². The fourth-order valence-corrected chi connectivity index (χ4v) is 3.04. The Morgan fingerprint density at radius 3 is 2.90 bits per heavy atom. The number of carboxylic acid groups (broad SMARTS) is 1. The van der Waals surface area contributed by atoms with Crippen molar-refractivity contribution in [2.45, 2.75) is 45.1 Å². The highest BCUT2D eigenvalue weighted by atomic mass is 16.5. The predicted molar refractivity (Wildman–Crippen MR) is 80.0 cm³/mol. The van der Waals surface area contributed by atoms with Gasteiger partial charge in [0.25, 0.3) is 0 Å². The van der Waals surface area contributed by atoms with Crippen LogP contribution in [0.5, 0.6) is 0 Å². The fraction of sp³-hybridized carbons (Fsp3) is 0.933. The number of nitrogens with one attached hydrogen (secondary N) is 1. The molecule has 20 heavy (non-hydrogen) atoms. The van der Waals surface area contributed by atoms with Crippen molar-refractivity contribution in [3.05, 3.63) is 0 Å². The van der Waals surface area contributed by atoms with Crippen LogP contribution in [0.1, 0.15) is 39.5 Å². The number of piperidine rings is 1. The van der Waals surface area contributed by atoms with Gasteiger partial charge in [-0.1, -0.05) is 6.92 Å². The number of nitrogens with zero attached hydrogens (tertiary/aromatic N) is 1. The van der Waals surface area contributed by atoms with E-state index in [-0.39, 0.29) is 0 Å². The molecule has 2 N–H and O–H groups in total. The van der Waals surface area contributed by atoms with Gasteiger partial charge >= 0.3 is 5.97 Å². The molecule has 0 aromatic heterocycles. The number of methoxy groups -OCH3 is 1. The standard InChI is InChI=1S/C15H30N2O3/c1-4-16-15(2,14(18)19)8-6-10-17-9-5-7-13(11-17)12-20-3/h13,16H,4-12H2,1-3H3,(H,18,19). The van der Waals surface area contributed by atoms with Crippen molar-refractivity contribution in [2.24, 2.45) is 5.92 Å². The molecule has 0 aromatic rings. The zero-order valence-corrected chi connectivity index (χ0v) is 13.2. The maximum Gasteiger partial charge on any atom is 0.323 e. The number of likely N-dealkylation sites (N-methyl/N-ethyl adjacent to an activating group) is 1. The largest absolute Gasteiger partial charge is 0.480 e. The smallest absolute Gasteiger partial charge is 0.323 e. The quantitative estimate of drug-likeness (QED) is 0.674. The van der Waals surface area contributed by atoms with Gasteiger partial charge in [-0.2, -0.15) is 0 Å². The third kappa shape index (κ3) is 5.38. The molecule has 5 nitrogen and oxygen atoms in total. The minimum absolute atomic E-state index is 0.633. The van der Waals surface area contributed by atoms with Gasteiger partial charge in [0.2, 0.25) is 0 Å². The Labute approximate surface area is 122 Å². The number of hydrogen-bond acceptors (Lipinski definition) is 4. The molecule has 2 unspecified atom stereocenters. The van der Waals surface area contributed by atoms with Crippen LogP contribution >= 0.6 is 0 Å². The first kappa shape index (κ1) is 17.4. The molecule has 0 aliphatic carbocycles. The molecule has 1 saturated heterocycles.